The minimum absolute atomic E-state index is 0.237. The average Bonchev–Trinajstić information content (AvgIpc) is 2.44. The second-order valence-corrected chi connectivity index (χ2v) is 5.73. The second kappa shape index (κ2) is 5.82. The van der Waals surface area contributed by atoms with Gasteiger partial charge in [-0.2, -0.15) is 0 Å². The number of rotatable bonds is 2. The first-order valence-electron chi connectivity index (χ1n) is 6.04. The number of benzene rings is 1. The molecule has 0 spiro atoms. The lowest BCUT2D eigenvalue weighted by Gasteiger charge is -2.33. The Labute approximate surface area is 131 Å². The zero-order valence-electron chi connectivity index (χ0n) is 11.4. The van der Waals surface area contributed by atoms with E-state index >= 15 is 0 Å². The molecule has 0 saturated heterocycles. The minimum atomic E-state index is -0.483. The van der Waals surface area contributed by atoms with Gasteiger partial charge in [-0.25, -0.2) is 9.59 Å². The Bertz CT molecular complexity index is 581. The topological polar surface area (TPSA) is 58.6 Å². The van der Waals surface area contributed by atoms with Gasteiger partial charge >= 0.3 is 12.0 Å². The molecule has 20 heavy (non-hydrogen) atoms. The molecule has 0 bridgehead atoms. The minimum Gasteiger partial charge on any atom is -0.466 e. The Morgan fingerprint density at radius 2 is 1.95 bits per heavy atom. The molecule has 1 aromatic carbocycles. The van der Waals surface area contributed by atoms with Gasteiger partial charge in [0.05, 0.1) is 18.7 Å². The molecule has 1 heterocycles. The van der Waals surface area contributed by atoms with Gasteiger partial charge < -0.3 is 15.0 Å². The predicted molar refractivity (Wildman–Crippen MR) is 82.9 cm³/mol. The fourth-order valence-corrected chi connectivity index (χ4v) is 2.47. The number of ether oxygens (including phenoxy) is 1. The summed E-state index contributed by atoms with van der Waals surface area (Å²) in [6.07, 6.45) is 0. The second-order valence-electron chi connectivity index (χ2n) is 4.48. The maximum Gasteiger partial charge on any atom is 0.337 e. The Hall–Kier alpha value is -1.57. The van der Waals surface area contributed by atoms with E-state index in [2.05, 4.69) is 27.9 Å². The summed E-state index contributed by atoms with van der Waals surface area (Å²) in [6.45, 7) is 1.74. The van der Waals surface area contributed by atoms with E-state index in [1.54, 1.807) is 14.0 Å². The molecule has 2 rings (SSSR count). The van der Waals surface area contributed by atoms with Crippen molar-refractivity contribution in [3.8, 4) is 0 Å². The van der Waals surface area contributed by atoms with Gasteiger partial charge in [0.15, 0.2) is 0 Å². The maximum atomic E-state index is 12.0. The lowest BCUT2D eigenvalue weighted by atomic mass is 9.95. The first kappa shape index (κ1) is 14.8. The van der Waals surface area contributed by atoms with Crippen LogP contribution in [-0.4, -0.2) is 31.1 Å². The molecular formula is C14H15IN2O3. The van der Waals surface area contributed by atoms with Crippen LogP contribution in [0.1, 0.15) is 18.5 Å². The van der Waals surface area contributed by atoms with Crippen molar-refractivity contribution in [1.82, 2.24) is 10.2 Å². The highest BCUT2D eigenvalue weighted by molar-refractivity contribution is 14.1. The van der Waals surface area contributed by atoms with Crippen LogP contribution in [0.3, 0.4) is 0 Å². The summed E-state index contributed by atoms with van der Waals surface area (Å²) in [5, 5.41) is 2.82. The van der Waals surface area contributed by atoms with Crippen molar-refractivity contribution in [2.75, 3.05) is 14.2 Å². The van der Waals surface area contributed by atoms with Crippen LogP contribution in [0.2, 0.25) is 0 Å². The Balaban J connectivity index is 2.51. The lowest BCUT2D eigenvalue weighted by molar-refractivity contribution is -0.136. The molecule has 0 aromatic heterocycles. The predicted octanol–water partition coefficient (Wildman–Crippen LogP) is 2.43. The van der Waals surface area contributed by atoms with Crippen molar-refractivity contribution in [2.45, 2.75) is 13.0 Å². The van der Waals surface area contributed by atoms with Crippen molar-refractivity contribution in [1.29, 1.82) is 0 Å². The smallest absolute Gasteiger partial charge is 0.337 e. The first-order chi connectivity index (χ1) is 9.45. The Kier molecular flexibility index (Phi) is 4.32. The Morgan fingerprint density at radius 3 is 2.50 bits per heavy atom. The van der Waals surface area contributed by atoms with Gasteiger partial charge in [0.2, 0.25) is 0 Å². The molecule has 106 valence electrons. The van der Waals surface area contributed by atoms with Gasteiger partial charge in [0.1, 0.15) is 0 Å². The summed E-state index contributed by atoms with van der Waals surface area (Å²) in [4.78, 5) is 25.4. The van der Waals surface area contributed by atoms with Crippen LogP contribution < -0.4 is 5.32 Å². The normalized spacial score (nSPS) is 18.9. The summed E-state index contributed by atoms with van der Waals surface area (Å²) in [5.41, 5.74) is 1.91. The molecule has 0 unspecified atom stereocenters. The maximum absolute atomic E-state index is 12.0. The zero-order chi connectivity index (χ0) is 14.9. The number of urea groups is 1. The molecule has 1 aliphatic rings. The van der Waals surface area contributed by atoms with E-state index in [4.69, 9.17) is 4.74 Å². The van der Waals surface area contributed by atoms with E-state index in [-0.39, 0.29) is 6.03 Å². The highest BCUT2D eigenvalue weighted by Crippen LogP contribution is 2.30. The van der Waals surface area contributed by atoms with Crippen molar-refractivity contribution in [2.24, 2.45) is 0 Å². The molecule has 1 atom stereocenters. The Morgan fingerprint density at radius 1 is 1.35 bits per heavy atom. The van der Waals surface area contributed by atoms with Crippen LogP contribution in [0.15, 0.2) is 35.5 Å². The number of hydrogen-bond acceptors (Lipinski definition) is 3. The number of esters is 1. The number of nitrogens with zero attached hydrogens (tertiary/aromatic N) is 1. The first-order valence-corrected chi connectivity index (χ1v) is 7.12. The summed E-state index contributed by atoms with van der Waals surface area (Å²) >= 11 is 2.21. The standard InChI is InChI=1S/C14H15IN2O3/c1-8-11(13(18)20-3)12(16-14(19)17(8)2)9-4-6-10(15)7-5-9/h4-7,12H,1-3H3,(H,16,19)/t12-/m1/s1. The molecule has 0 fully saturated rings. The molecule has 0 aliphatic carbocycles. The third-order valence-electron chi connectivity index (χ3n) is 3.36. The molecule has 2 amide bonds. The van der Waals surface area contributed by atoms with E-state index in [0.29, 0.717) is 11.3 Å². The molecule has 5 nitrogen and oxygen atoms in total. The number of halogens is 1. The van der Waals surface area contributed by atoms with E-state index in [1.807, 2.05) is 24.3 Å². The van der Waals surface area contributed by atoms with E-state index < -0.39 is 12.0 Å². The summed E-state index contributed by atoms with van der Waals surface area (Å²) in [6, 6.07) is 6.94. The van der Waals surface area contributed by atoms with Gasteiger partial charge in [-0.15, -0.1) is 0 Å². The molecule has 1 N–H and O–H groups in total. The third-order valence-corrected chi connectivity index (χ3v) is 4.08. The van der Waals surface area contributed by atoms with E-state index in [0.717, 1.165) is 9.13 Å². The summed E-state index contributed by atoms with van der Waals surface area (Å²) in [5.74, 6) is -0.432. The number of methoxy groups -OCH3 is 1. The van der Waals surface area contributed by atoms with Gasteiger partial charge in [-0.3, -0.25) is 0 Å². The SMILES string of the molecule is COC(=O)C1=C(C)N(C)C(=O)N[C@@H]1c1ccc(I)cc1. The van der Waals surface area contributed by atoms with Crippen molar-refractivity contribution in [3.63, 3.8) is 0 Å². The number of amides is 2. The van der Waals surface area contributed by atoms with E-state index in [1.165, 1.54) is 12.0 Å². The van der Waals surface area contributed by atoms with Crippen molar-refractivity contribution in [3.05, 3.63) is 44.7 Å². The highest BCUT2D eigenvalue weighted by atomic mass is 127. The van der Waals surface area contributed by atoms with Crippen molar-refractivity contribution >= 4 is 34.6 Å². The fourth-order valence-electron chi connectivity index (χ4n) is 2.12. The number of carbonyl (C=O) groups is 2. The van der Waals surface area contributed by atoms with Gasteiger partial charge in [-0.05, 0) is 47.2 Å². The summed E-state index contributed by atoms with van der Waals surface area (Å²) < 4.78 is 5.93. The van der Waals surface area contributed by atoms with Crippen LogP contribution in [0, 0.1) is 3.57 Å². The highest BCUT2D eigenvalue weighted by Gasteiger charge is 2.34. The molecular weight excluding hydrogens is 371 g/mol. The van der Waals surface area contributed by atoms with Gasteiger partial charge in [0, 0.05) is 16.3 Å². The molecule has 0 saturated carbocycles. The zero-order valence-corrected chi connectivity index (χ0v) is 13.6. The number of nitrogens with one attached hydrogen (secondary N) is 1. The number of allylic oxidation sites excluding steroid dienone is 1. The number of hydrogen-bond donors (Lipinski definition) is 1. The molecule has 0 radical (unpaired) electrons. The van der Waals surface area contributed by atoms with Crippen LogP contribution in [0.4, 0.5) is 4.79 Å². The average molecular weight is 386 g/mol. The van der Waals surface area contributed by atoms with Crippen LogP contribution in [0.25, 0.3) is 0 Å². The largest absolute Gasteiger partial charge is 0.466 e. The van der Waals surface area contributed by atoms with E-state index in [9.17, 15) is 9.59 Å². The molecule has 1 aromatic rings. The monoisotopic (exact) mass is 386 g/mol. The quantitative estimate of drug-likeness (QED) is 0.628. The third kappa shape index (κ3) is 2.65. The molecule has 1 aliphatic heterocycles. The fraction of sp³-hybridized carbons (Fsp3) is 0.286. The number of carbonyl (C=O) groups excluding carboxylic acids is 2. The summed E-state index contributed by atoms with van der Waals surface area (Å²) in [7, 11) is 2.96. The van der Waals surface area contributed by atoms with Crippen LogP contribution >= 0.6 is 22.6 Å². The van der Waals surface area contributed by atoms with Crippen molar-refractivity contribution < 1.29 is 14.3 Å². The van der Waals surface area contributed by atoms with Crippen LogP contribution in [0.5, 0.6) is 0 Å². The van der Waals surface area contributed by atoms with Crippen LogP contribution in [-0.2, 0) is 9.53 Å². The lowest BCUT2D eigenvalue weighted by Crippen LogP contribution is -2.46. The van der Waals surface area contributed by atoms with Gasteiger partial charge in [0.25, 0.3) is 0 Å². The van der Waals surface area contributed by atoms with Gasteiger partial charge in [-0.1, -0.05) is 12.1 Å². The molecule has 6 heteroatoms.